The summed E-state index contributed by atoms with van der Waals surface area (Å²) >= 11 is 17.8. The van der Waals surface area contributed by atoms with Gasteiger partial charge in [0.1, 0.15) is 11.6 Å². The Balaban J connectivity index is 1.70. The van der Waals surface area contributed by atoms with Crippen LogP contribution in [0.2, 0.25) is 15.1 Å². The maximum atomic E-state index is 12.5. The minimum Gasteiger partial charge on any atom is -0.490 e. The summed E-state index contributed by atoms with van der Waals surface area (Å²) in [6.07, 6.45) is 1.42. The van der Waals surface area contributed by atoms with E-state index in [0.29, 0.717) is 50.1 Å². The zero-order chi connectivity index (χ0) is 26.1. The Hall–Kier alpha value is -3.70. The van der Waals surface area contributed by atoms with E-state index < -0.39 is 11.8 Å². The number of halogens is 3. The van der Waals surface area contributed by atoms with Crippen molar-refractivity contribution in [1.29, 1.82) is 5.26 Å². The summed E-state index contributed by atoms with van der Waals surface area (Å²) in [6, 6.07) is 18.1. The number of nitriles is 1. The summed E-state index contributed by atoms with van der Waals surface area (Å²) in [7, 11) is 0. The van der Waals surface area contributed by atoms with E-state index in [1.165, 1.54) is 12.1 Å². The quantitative estimate of drug-likeness (QED) is 0.233. The van der Waals surface area contributed by atoms with Crippen LogP contribution in [-0.4, -0.2) is 25.0 Å². The molecule has 0 fully saturated rings. The Bertz CT molecular complexity index is 1350. The lowest BCUT2D eigenvalue weighted by atomic mass is 10.1. The van der Waals surface area contributed by atoms with Crippen molar-refractivity contribution < 1.29 is 19.1 Å². The molecule has 184 valence electrons. The van der Waals surface area contributed by atoms with E-state index in [9.17, 15) is 14.9 Å². The standard InChI is InChI=1S/C26H20Cl3N3O4/c1-2-35-24-11-16(10-17(14-30)26(34)32-19-5-3-4-18(27)12-19)6-9-23(24)36-15-25(33)31-20-7-8-21(28)22(29)13-20/h3-13H,2,15H2,1H3,(H,31,33)(H,32,34)/b17-10-. The molecular formula is C26H20Cl3N3O4. The van der Waals surface area contributed by atoms with Gasteiger partial charge in [0.05, 0.1) is 16.7 Å². The maximum Gasteiger partial charge on any atom is 0.266 e. The van der Waals surface area contributed by atoms with Crippen molar-refractivity contribution in [3.05, 3.63) is 86.9 Å². The largest absolute Gasteiger partial charge is 0.490 e. The van der Waals surface area contributed by atoms with E-state index in [0.717, 1.165) is 0 Å². The summed E-state index contributed by atoms with van der Waals surface area (Å²) in [5.41, 5.74) is 1.35. The first-order chi connectivity index (χ1) is 17.3. The average molecular weight is 545 g/mol. The van der Waals surface area contributed by atoms with Gasteiger partial charge < -0.3 is 20.1 Å². The number of rotatable bonds is 9. The Labute approximate surface area is 223 Å². The van der Waals surface area contributed by atoms with Crippen LogP contribution in [0, 0.1) is 11.3 Å². The molecule has 0 radical (unpaired) electrons. The van der Waals surface area contributed by atoms with Gasteiger partial charge in [0.15, 0.2) is 18.1 Å². The van der Waals surface area contributed by atoms with Crippen molar-refractivity contribution in [1.82, 2.24) is 0 Å². The van der Waals surface area contributed by atoms with Gasteiger partial charge in [-0.1, -0.05) is 46.9 Å². The van der Waals surface area contributed by atoms with Crippen molar-refractivity contribution in [2.24, 2.45) is 0 Å². The van der Waals surface area contributed by atoms with Crippen LogP contribution in [-0.2, 0) is 9.59 Å². The second kappa shape index (κ2) is 12.8. The number of amides is 2. The van der Waals surface area contributed by atoms with Crippen LogP contribution in [0.25, 0.3) is 6.08 Å². The summed E-state index contributed by atoms with van der Waals surface area (Å²) < 4.78 is 11.3. The molecular weight excluding hydrogens is 525 g/mol. The van der Waals surface area contributed by atoms with Crippen molar-refractivity contribution in [2.75, 3.05) is 23.8 Å². The van der Waals surface area contributed by atoms with Crippen molar-refractivity contribution in [3.8, 4) is 17.6 Å². The molecule has 0 bridgehead atoms. The van der Waals surface area contributed by atoms with Gasteiger partial charge in [-0.25, -0.2) is 0 Å². The molecule has 3 rings (SSSR count). The molecule has 0 spiro atoms. The van der Waals surface area contributed by atoms with Crippen LogP contribution in [0.4, 0.5) is 11.4 Å². The number of benzene rings is 3. The number of carbonyl (C=O) groups excluding carboxylic acids is 2. The lowest BCUT2D eigenvalue weighted by molar-refractivity contribution is -0.118. The van der Waals surface area contributed by atoms with E-state index in [1.54, 1.807) is 61.5 Å². The molecule has 0 saturated carbocycles. The molecule has 0 atom stereocenters. The molecule has 3 aromatic carbocycles. The highest BCUT2D eigenvalue weighted by atomic mass is 35.5. The monoisotopic (exact) mass is 543 g/mol. The van der Waals surface area contributed by atoms with Gasteiger partial charge in [-0.2, -0.15) is 5.26 Å². The second-order valence-corrected chi connectivity index (χ2v) is 8.49. The molecule has 0 aliphatic heterocycles. The lowest BCUT2D eigenvalue weighted by Gasteiger charge is -2.13. The third-order valence-electron chi connectivity index (χ3n) is 4.59. The minimum atomic E-state index is -0.586. The number of anilines is 2. The van der Waals surface area contributed by atoms with E-state index >= 15 is 0 Å². The highest BCUT2D eigenvalue weighted by Crippen LogP contribution is 2.30. The molecule has 0 unspecified atom stereocenters. The van der Waals surface area contributed by atoms with Crippen LogP contribution in [0.15, 0.2) is 66.2 Å². The first kappa shape index (κ1) is 26.9. The minimum absolute atomic E-state index is 0.118. The predicted molar refractivity (Wildman–Crippen MR) is 142 cm³/mol. The third-order valence-corrected chi connectivity index (χ3v) is 5.56. The second-order valence-electron chi connectivity index (χ2n) is 7.24. The first-order valence-electron chi connectivity index (χ1n) is 10.6. The van der Waals surface area contributed by atoms with Crippen LogP contribution in [0.5, 0.6) is 11.5 Å². The molecule has 0 aromatic heterocycles. The van der Waals surface area contributed by atoms with Gasteiger partial charge >= 0.3 is 0 Å². The molecule has 2 amide bonds. The lowest BCUT2D eigenvalue weighted by Crippen LogP contribution is -2.20. The highest BCUT2D eigenvalue weighted by Gasteiger charge is 2.13. The fourth-order valence-electron chi connectivity index (χ4n) is 3.00. The SMILES string of the molecule is CCOc1cc(/C=C(/C#N)C(=O)Nc2cccc(Cl)c2)ccc1OCC(=O)Nc1ccc(Cl)c(Cl)c1. The summed E-state index contributed by atoms with van der Waals surface area (Å²) in [5, 5.41) is 15.9. The average Bonchev–Trinajstić information content (AvgIpc) is 2.84. The normalized spacial score (nSPS) is 10.8. The summed E-state index contributed by atoms with van der Waals surface area (Å²) in [4.78, 5) is 24.8. The topological polar surface area (TPSA) is 100 Å². The number of nitrogens with zero attached hydrogens (tertiary/aromatic N) is 1. The van der Waals surface area contributed by atoms with Gasteiger partial charge in [0.25, 0.3) is 11.8 Å². The van der Waals surface area contributed by atoms with Crippen molar-refractivity contribution in [2.45, 2.75) is 6.92 Å². The van der Waals surface area contributed by atoms with Crippen LogP contribution >= 0.6 is 34.8 Å². The van der Waals surface area contributed by atoms with Gasteiger partial charge in [0.2, 0.25) is 0 Å². The van der Waals surface area contributed by atoms with E-state index in [2.05, 4.69) is 10.6 Å². The Kier molecular flexibility index (Phi) is 9.60. The molecule has 3 aromatic rings. The molecule has 0 heterocycles. The molecule has 0 aliphatic carbocycles. The number of ether oxygens (including phenoxy) is 2. The number of hydrogen-bond acceptors (Lipinski definition) is 5. The molecule has 36 heavy (non-hydrogen) atoms. The fourth-order valence-corrected chi connectivity index (χ4v) is 3.48. The van der Waals surface area contributed by atoms with E-state index in [1.807, 2.05) is 6.07 Å². The highest BCUT2D eigenvalue weighted by molar-refractivity contribution is 6.42. The first-order valence-corrected chi connectivity index (χ1v) is 11.8. The Morgan fingerprint density at radius 2 is 1.69 bits per heavy atom. The zero-order valence-electron chi connectivity index (χ0n) is 19.0. The molecule has 0 aliphatic rings. The predicted octanol–water partition coefficient (Wildman–Crippen LogP) is 6.61. The molecule has 2 N–H and O–H groups in total. The van der Waals surface area contributed by atoms with E-state index in [-0.39, 0.29) is 12.2 Å². The van der Waals surface area contributed by atoms with Crippen LogP contribution in [0.3, 0.4) is 0 Å². The van der Waals surface area contributed by atoms with Crippen molar-refractivity contribution in [3.63, 3.8) is 0 Å². The smallest absolute Gasteiger partial charge is 0.266 e. The Morgan fingerprint density at radius 3 is 2.39 bits per heavy atom. The van der Waals surface area contributed by atoms with Crippen molar-refractivity contribution >= 4 is 64.1 Å². The number of nitrogens with one attached hydrogen (secondary N) is 2. The van der Waals surface area contributed by atoms with Gasteiger partial charge in [-0.3, -0.25) is 9.59 Å². The Morgan fingerprint density at radius 1 is 0.917 bits per heavy atom. The van der Waals surface area contributed by atoms with Gasteiger partial charge in [0, 0.05) is 16.4 Å². The molecule has 0 saturated heterocycles. The summed E-state index contributed by atoms with van der Waals surface area (Å²) in [6.45, 7) is 1.84. The molecule has 7 nitrogen and oxygen atoms in total. The van der Waals surface area contributed by atoms with Gasteiger partial charge in [-0.05, 0) is 67.1 Å². The number of carbonyl (C=O) groups is 2. The summed E-state index contributed by atoms with van der Waals surface area (Å²) in [5.74, 6) is -0.331. The number of hydrogen-bond donors (Lipinski definition) is 2. The fraction of sp³-hybridized carbons (Fsp3) is 0.115. The third kappa shape index (κ3) is 7.65. The van der Waals surface area contributed by atoms with Gasteiger partial charge in [-0.15, -0.1) is 0 Å². The zero-order valence-corrected chi connectivity index (χ0v) is 21.2. The van der Waals surface area contributed by atoms with Crippen LogP contribution in [0.1, 0.15) is 12.5 Å². The van der Waals surface area contributed by atoms with Crippen LogP contribution < -0.4 is 20.1 Å². The van der Waals surface area contributed by atoms with E-state index in [4.69, 9.17) is 44.3 Å². The maximum absolute atomic E-state index is 12.5. The molecule has 10 heteroatoms.